The molecule has 0 aromatic heterocycles. The quantitative estimate of drug-likeness (QED) is 0.875. The third-order valence-corrected chi connectivity index (χ3v) is 3.03. The van der Waals surface area contributed by atoms with Gasteiger partial charge < -0.3 is 20.5 Å². The predicted octanol–water partition coefficient (Wildman–Crippen LogP) is 1.16. The number of methoxy groups -OCH3 is 1. The molecule has 0 bridgehead atoms. The van der Waals surface area contributed by atoms with Gasteiger partial charge in [0.15, 0.2) is 11.6 Å². The van der Waals surface area contributed by atoms with Crippen LogP contribution in [0.3, 0.4) is 0 Å². The van der Waals surface area contributed by atoms with E-state index in [-0.39, 0.29) is 36.7 Å². The Kier molecular flexibility index (Phi) is 6.19. The summed E-state index contributed by atoms with van der Waals surface area (Å²) in [5, 5.41) is 2.80. The summed E-state index contributed by atoms with van der Waals surface area (Å²) in [5.41, 5.74) is 6.30. The van der Waals surface area contributed by atoms with Gasteiger partial charge in [0.2, 0.25) is 5.91 Å². The number of halogens is 2. The van der Waals surface area contributed by atoms with Crippen LogP contribution in [0.5, 0.6) is 5.75 Å². The first-order valence-electron chi connectivity index (χ1n) is 6.09. The van der Waals surface area contributed by atoms with Crippen molar-refractivity contribution in [2.75, 3.05) is 20.3 Å². The molecule has 1 aliphatic rings. The third kappa shape index (κ3) is 3.59. The Morgan fingerprint density at radius 3 is 3.10 bits per heavy atom. The molecule has 2 rings (SSSR count). The van der Waals surface area contributed by atoms with Crippen molar-refractivity contribution in [3.63, 3.8) is 0 Å². The van der Waals surface area contributed by atoms with Gasteiger partial charge >= 0.3 is 0 Å². The van der Waals surface area contributed by atoms with E-state index in [1.807, 2.05) is 0 Å². The maximum absolute atomic E-state index is 13.6. The molecule has 3 N–H and O–H groups in total. The lowest BCUT2D eigenvalue weighted by atomic mass is 10.00. The highest BCUT2D eigenvalue weighted by Gasteiger charge is 2.26. The van der Waals surface area contributed by atoms with Crippen LogP contribution in [0.15, 0.2) is 18.2 Å². The van der Waals surface area contributed by atoms with Gasteiger partial charge in [-0.1, -0.05) is 12.1 Å². The summed E-state index contributed by atoms with van der Waals surface area (Å²) in [6.07, 6.45) is 0.585. The second-order valence-corrected chi connectivity index (χ2v) is 4.42. The smallest absolute Gasteiger partial charge is 0.239 e. The summed E-state index contributed by atoms with van der Waals surface area (Å²) in [5.74, 6) is -0.527. The minimum absolute atomic E-state index is 0. The Labute approximate surface area is 123 Å². The number of carbonyl (C=O) groups is 1. The Balaban J connectivity index is 0.00000200. The molecule has 1 aromatic rings. The van der Waals surface area contributed by atoms with Crippen molar-refractivity contribution in [1.82, 2.24) is 5.32 Å². The normalized spacial score (nSPS) is 18.2. The monoisotopic (exact) mass is 304 g/mol. The average molecular weight is 305 g/mol. The summed E-state index contributed by atoms with van der Waals surface area (Å²) in [4.78, 5) is 11.8. The number of hydrogen-bond acceptors (Lipinski definition) is 4. The van der Waals surface area contributed by atoms with Crippen LogP contribution in [0.1, 0.15) is 18.0 Å². The molecule has 0 radical (unpaired) electrons. The van der Waals surface area contributed by atoms with Crippen LogP contribution in [0.2, 0.25) is 0 Å². The van der Waals surface area contributed by atoms with Gasteiger partial charge in [-0.15, -0.1) is 12.4 Å². The minimum Gasteiger partial charge on any atom is -0.490 e. The molecule has 0 aliphatic carbocycles. The molecule has 0 spiro atoms. The van der Waals surface area contributed by atoms with E-state index in [1.165, 1.54) is 13.2 Å². The molecule has 112 valence electrons. The zero-order chi connectivity index (χ0) is 13.8. The second-order valence-electron chi connectivity index (χ2n) is 4.42. The third-order valence-electron chi connectivity index (χ3n) is 3.03. The Morgan fingerprint density at radius 2 is 2.40 bits per heavy atom. The average Bonchev–Trinajstić information content (AvgIpc) is 2.40. The van der Waals surface area contributed by atoms with Crippen molar-refractivity contribution in [1.29, 1.82) is 0 Å². The van der Waals surface area contributed by atoms with Crippen molar-refractivity contribution >= 4 is 18.3 Å². The maximum atomic E-state index is 13.6. The number of amides is 1. The molecule has 7 heteroatoms. The van der Waals surface area contributed by atoms with Crippen molar-refractivity contribution in [2.45, 2.75) is 18.5 Å². The fraction of sp³-hybridized carbons (Fsp3) is 0.462. The Bertz CT molecular complexity index is 473. The van der Waals surface area contributed by atoms with E-state index in [0.29, 0.717) is 18.6 Å². The molecular weight excluding hydrogens is 287 g/mol. The van der Waals surface area contributed by atoms with Gasteiger partial charge in [-0.3, -0.25) is 4.79 Å². The lowest BCUT2D eigenvalue weighted by molar-refractivity contribution is -0.124. The van der Waals surface area contributed by atoms with E-state index in [1.54, 1.807) is 12.1 Å². The number of para-hydroxylation sites is 1. The molecule has 0 saturated heterocycles. The molecule has 1 heterocycles. The van der Waals surface area contributed by atoms with Crippen LogP contribution in [0.25, 0.3) is 0 Å². The van der Waals surface area contributed by atoms with E-state index in [4.69, 9.17) is 15.2 Å². The molecule has 0 saturated carbocycles. The van der Waals surface area contributed by atoms with E-state index in [2.05, 4.69) is 5.32 Å². The van der Waals surface area contributed by atoms with E-state index in [9.17, 15) is 9.18 Å². The topological polar surface area (TPSA) is 73.6 Å². The molecule has 1 aliphatic heterocycles. The number of benzene rings is 1. The number of hydrogen-bond donors (Lipinski definition) is 2. The highest BCUT2D eigenvalue weighted by molar-refractivity contribution is 5.85. The van der Waals surface area contributed by atoms with Gasteiger partial charge in [-0.25, -0.2) is 4.39 Å². The molecule has 0 fully saturated rings. The first kappa shape index (κ1) is 16.7. The zero-order valence-electron chi connectivity index (χ0n) is 11.1. The van der Waals surface area contributed by atoms with Gasteiger partial charge in [-0.2, -0.15) is 0 Å². The van der Waals surface area contributed by atoms with Gasteiger partial charge in [0, 0.05) is 19.1 Å². The number of fused-ring (bicyclic) bond motifs is 1. The van der Waals surface area contributed by atoms with E-state index >= 15 is 0 Å². The fourth-order valence-electron chi connectivity index (χ4n) is 2.07. The standard InChI is InChI=1S/C13H17FN2O3.ClH/c1-18-7-10(15)13(17)16-11-5-6-19-12-8(11)3-2-4-9(12)14;/h2-4,10-11H,5-7,15H2,1H3,(H,16,17);1H/t10?,11-;/m1./s1. The van der Waals surface area contributed by atoms with Crippen molar-refractivity contribution in [2.24, 2.45) is 5.73 Å². The number of ether oxygens (including phenoxy) is 2. The van der Waals surface area contributed by atoms with E-state index in [0.717, 1.165) is 0 Å². The van der Waals surface area contributed by atoms with Crippen LogP contribution < -0.4 is 15.8 Å². The summed E-state index contributed by atoms with van der Waals surface area (Å²) < 4.78 is 23.7. The van der Waals surface area contributed by atoms with Gasteiger partial charge in [0.05, 0.1) is 19.3 Å². The van der Waals surface area contributed by atoms with Crippen LogP contribution >= 0.6 is 12.4 Å². The lowest BCUT2D eigenvalue weighted by Gasteiger charge is -2.27. The zero-order valence-corrected chi connectivity index (χ0v) is 11.9. The molecule has 20 heavy (non-hydrogen) atoms. The van der Waals surface area contributed by atoms with Crippen LogP contribution in [0.4, 0.5) is 4.39 Å². The number of nitrogens with two attached hydrogens (primary N) is 1. The molecule has 2 atom stereocenters. The summed E-state index contributed by atoms with van der Waals surface area (Å²) in [7, 11) is 1.48. The predicted molar refractivity (Wildman–Crippen MR) is 74.5 cm³/mol. The fourth-order valence-corrected chi connectivity index (χ4v) is 2.07. The number of rotatable bonds is 4. The van der Waals surface area contributed by atoms with Crippen molar-refractivity contribution in [3.05, 3.63) is 29.6 Å². The molecule has 1 aromatic carbocycles. The highest BCUT2D eigenvalue weighted by Crippen LogP contribution is 2.33. The van der Waals surface area contributed by atoms with E-state index < -0.39 is 11.9 Å². The highest BCUT2D eigenvalue weighted by atomic mass is 35.5. The first-order chi connectivity index (χ1) is 9.13. The van der Waals surface area contributed by atoms with Crippen LogP contribution in [-0.2, 0) is 9.53 Å². The van der Waals surface area contributed by atoms with Gasteiger partial charge in [0.1, 0.15) is 6.04 Å². The second kappa shape index (κ2) is 7.42. The first-order valence-corrected chi connectivity index (χ1v) is 6.09. The minimum atomic E-state index is -0.732. The van der Waals surface area contributed by atoms with Gasteiger partial charge in [-0.05, 0) is 6.07 Å². The molecule has 1 amide bonds. The number of nitrogens with one attached hydrogen (secondary N) is 1. The number of carbonyl (C=O) groups excluding carboxylic acids is 1. The Morgan fingerprint density at radius 1 is 1.65 bits per heavy atom. The van der Waals surface area contributed by atoms with Crippen LogP contribution in [-0.4, -0.2) is 32.3 Å². The summed E-state index contributed by atoms with van der Waals surface area (Å²) in [6.45, 7) is 0.503. The Hall–Kier alpha value is -1.37. The van der Waals surface area contributed by atoms with Crippen LogP contribution in [0, 0.1) is 5.82 Å². The van der Waals surface area contributed by atoms with Crippen molar-refractivity contribution in [3.8, 4) is 5.75 Å². The van der Waals surface area contributed by atoms with Crippen molar-refractivity contribution < 1.29 is 18.7 Å². The maximum Gasteiger partial charge on any atom is 0.239 e. The molecule has 1 unspecified atom stereocenters. The lowest BCUT2D eigenvalue weighted by Crippen LogP contribution is -2.45. The summed E-state index contributed by atoms with van der Waals surface area (Å²) in [6, 6.07) is 3.65. The SMILES string of the molecule is COCC(N)C(=O)N[C@@H]1CCOc2c(F)cccc21.Cl. The largest absolute Gasteiger partial charge is 0.490 e. The summed E-state index contributed by atoms with van der Waals surface area (Å²) >= 11 is 0. The molecular formula is C13H18ClFN2O3. The molecule has 5 nitrogen and oxygen atoms in total. The van der Waals surface area contributed by atoms with Gasteiger partial charge in [0.25, 0.3) is 0 Å².